The first-order chi connectivity index (χ1) is 13.6. The summed E-state index contributed by atoms with van der Waals surface area (Å²) in [6.07, 6.45) is -13.1. The molecule has 0 aromatic carbocycles. The van der Waals surface area contributed by atoms with Gasteiger partial charge in [0.25, 0.3) is 0 Å². The number of nitrogens with zero attached hydrogens (tertiary/aromatic N) is 1. The molecule has 30 heavy (non-hydrogen) atoms. The van der Waals surface area contributed by atoms with Crippen LogP contribution in [0.2, 0.25) is 0 Å². The van der Waals surface area contributed by atoms with Crippen molar-refractivity contribution in [3.05, 3.63) is 0 Å². The van der Waals surface area contributed by atoms with Crippen molar-refractivity contribution >= 4 is 6.21 Å². The molecule has 12 nitrogen and oxygen atoms in total. The lowest BCUT2D eigenvalue weighted by molar-refractivity contribution is -0.299. The molecule has 0 radical (unpaired) electrons. The molecule has 8 N–H and O–H groups in total. The molecular weight excluding hydrogens is 406 g/mol. The molecular formula is C18H35NO11. The molecule has 1 saturated heterocycles. The van der Waals surface area contributed by atoms with Crippen LogP contribution in [-0.2, 0) is 14.3 Å². The number of ether oxygens (including phenoxy) is 2. The molecule has 1 aliphatic heterocycles. The first-order valence-corrected chi connectivity index (χ1v) is 9.57. The molecule has 1 aliphatic rings. The summed E-state index contributed by atoms with van der Waals surface area (Å²) in [7, 11) is 0. The van der Waals surface area contributed by atoms with Crippen LogP contribution in [0, 0.1) is 0 Å². The molecule has 1 fully saturated rings. The molecule has 0 bridgehead atoms. The fourth-order valence-electron chi connectivity index (χ4n) is 2.30. The standard InChI is InChI=1S/C18H35NO11/c1-8-11(22)14(25)15(26)16(29-8)28-7-10(21)13(24)12(23)9(20)6-19-30-18(4,5)17(2,3)27/h6,8-16,20-27H,7H2,1-5H3. The van der Waals surface area contributed by atoms with E-state index in [0.29, 0.717) is 0 Å². The minimum Gasteiger partial charge on any atom is -0.388 e. The average molecular weight is 441 g/mol. The Bertz CT molecular complexity index is 553. The van der Waals surface area contributed by atoms with E-state index in [9.17, 15) is 40.9 Å². The molecule has 0 aliphatic carbocycles. The zero-order valence-electron chi connectivity index (χ0n) is 17.7. The Labute approximate surface area is 174 Å². The number of hydrogen-bond donors (Lipinski definition) is 8. The van der Waals surface area contributed by atoms with Crippen LogP contribution < -0.4 is 0 Å². The fraction of sp³-hybridized carbons (Fsp3) is 0.944. The average Bonchev–Trinajstić information content (AvgIpc) is 2.65. The highest BCUT2D eigenvalue weighted by molar-refractivity contribution is 5.63. The summed E-state index contributed by atoms with van der Waals surface area (Å²) >= 11 is 0. The lowest BCUT2D eigenvalue weighted by atomic mass is 9.90. The summed E-state index contributed by atoms with van der Waals surface area (Å²) in [4.78, 5) is 5.11. The Hall–Kier alpha value is -0.930. The molecule has 1 heterocycles. The normalized spacial score (nSPS) is 32.6. The van der Waals surface area contributed by atoms with Gasteiger partial charge in [-0.15, -0.1) is 0 Å². The SMILES string of the molecule is CC1OC(OCC(O)C(O)C(O)C(O)C=NOC(C)(C)C(C)(C)O)C(O)C(O)C1O. The first kappa shape index (κ1) is 27.1. The van der Waals surface area contributed by atoms with Crippen molar-refractivity contribution in [1.82, 2.24) is 0 Å². The van der Waals surface area contributed by atoms with Crippen molar-refractivity contribution in [2.45, 2.75) is 101 Å². The predicted molar refractivity (Wildman–Crippen MR) is 102 cm³/mol. The zero-order chi connectivity index (χ0) is 23.4. The van der Waals surface area contributed by atoms with Crippen LogP contribution in [0.3, 0.4) is 0 Å². The van der Waals surface area contributed by atoms with E-state index in [1.165, 1.54) is 20.8 Å². The Morgan fingerprint density at radius 3 is 2.07 bits per heavy atom. The Morgan fingerprint density at radius 1 is 0.967 bits per heavy atom. The van der Waals surface area contributed by atoms with E-state index < -0.39 is 72.9 Å². The second kappa shape index (κ2) is 10.6. The van der Waals surface area contributed by atoms with Crippen LogP contribution in [0.4, 0.5) is 0 Å². The van der Waals surface area contributed by atoms with Gasteiger partial charge in [-0.3, -0.25) is 0 Å². The first-order valence-electron chi connectivity index (χ1n) is 9.57. The third kappa shape index (κ3) is 6.79. The fourth-order valence-corrected chi connectivity index (χ4v) is 2.30. The van der Waals surface area contributed by atoms with Crippen molar-refractivity contribution < 1.29 is 55.2 Å². The number of aliphatic hydroxyl groups is 8. The van der Waals surface area contributed by atoms with Crippen LogP contribution in [0.1, 0.15) is 34.6 Å². The molecule has 0 amide bonds. The van der Waals surface area contributed by atoms with Crippen molar-refractivity contribution in [2.75, 3.05) is 6.61 Å². The van der Waals surface area contributed by atoms with Gasteiger partial charge in [-0.25, -0.2) is 0 Å². The van der Waals surface area contributed by atoms with E-state index in [1.807, 2.05) is 0 Å². The smallest absolute Gasteiger partial charge is 0.186 e. The molecule has 0 aromatic heterocycles. The van der Waals surface area contributed by atoms with E-state index in [4.69, 9.17) is 14.3 Å². The van der Waals surface area contributed by atoms with E-state index in [2.05, 4.69) is 5.16 Å². The zero-order valence-corrected chi connectivity index (χ0v) is 17.7. The third-order valence-corrected chi connectivity index (χ3v) is 5.30. The van der Waals surface area contributed by atoms with Gasteiger partial charge in [-0.1, -0.05) is 5.16 Å². The summed E-state index contributed by atoms with van der Waals surface area (Å²) in [5.74, 6) is 0. The highest BCUT2D eigenvalue weighted by atomic mass is 16.7. The van der Waals surface area contributed by atoms with Gasteiger partial charge in [0.15, 0.2) is 11.9 Å². The Kier molecular flexibility index (Phi) is 9.57. The number of oxime groups is 1. The van der Waals surface area contributed by atoms with Crippen molar-refractivity contribution in [3.63, 3.8) is 0 Å². The molecule has 0 spiro atoms. The van der Waals surface area contributed by atoms with Crippen LogP contribution in [0.5, 0.6) is 0 Å². The number of rotatable bonds is 10. The van der Waals surface area contributed by atoms with Gasteiger partial charge in [-0.05, 0) is 34.6 Å². The summed E-state index contributed by atoms with van der Waals surface area (Å²) < 4.78 is 10.3. The molecule has 178 valence electrons. The summed E-state index contributed by atoms with van der Waals surface area (Å²) in [5, 5.41) is 82.6. The minimum atomic E-state index is -1.87. The van der Waals surface area contributed by atoms with E-state index in [1.54, 1.807) is 13.8 Å². The largest absolute Gasteiger partial charge is 0.388 e. The predicted octanol–water partition coefficient (Wildman–Crippen LogP) is -3.17. The van der Waals surface area contributed by atoms with Crippen LogP contribution in [-0.4, -0.2) is 120 Å². The van der Waals surface area contributed by atoms with Gasteiger partial charge < -0.3 is 55.2 Å². The van der Waals surface area contributed by atoms with E-state index in [-0.39, 0.29) is 0 Å². The topological polar surface area (TPSA) is 202 Å². The minimum absolute atomic E-state index is 0.623. The summed E-state index contributed by atoms with van der Waals surface area (Å²) in [5.41, 5.74) is -2.37. The Balaban J connectivity index is 2.57. The summed E-state index contributed by atoms with van der Waals surface area (Å²) in [6, 6.07) is 0. The van der Waals surface area contributed by atoms with Gasteiger partial charge in [0.1, 0.15) is 48.3 Å². The maximum Gasteiger partial charge on any atom is 0.186 e. The Morgan fingerprint density at radius 2 is 1.53 bits per heavy atom. The summed E-state index contributed by atoms with van der Waals surface area (Å²) in [6.45, 7) is 6.94. The molecule has 9 atom stereocenters. The van der Waals surface area contributed by atoms with E-state index >= 15 is 0 Å². The van der Waals surface area contributed by atoms with Gasteiger partial charge in [0, 0.05) is 0 Å². The maximum atomic E-state index is 10.0. The molecule has 1 rings (SSSR count). The van der Waals surface area contributed by atoms with Crippen molar-refractivity contribution in [3.8, 4) is 0 Å². The van der Waals surface area contributed by atoms with Gasteiger partial charge in [0.05, 0.1) is 18.9 Å². The molecule has 9 unspecified atom stereocenters. The third-order valence-electron chi connectivity index (χ3n) is 5.30. The molecule has 0 aromatic rings. The van der Waals surface area contributed by atoms with Crippen LogP contribution in [0.25, 0.3) is 0 Å². The van der Waals surface area contributed by atoms with Gasteiger partial charge >= 0.3 is 0 Å². The highest BCUT2D eigenvalue weighted by Crippen LogP contribution is 2.25. The highest BCUT2D eigenvalue weighted by Gasteiger charge is 2.43. The van der Waals surface area contributed by atoms with E-state index in [0.717, 1.165) is 6.21 Å². The monoisotopic (exact) mass is 441 g/mol. The lowest BCUT2D eigenvalue weighted by Crippen LogP contribution is -2.58. The second-order valence-electron chi connectivity index (χ2n) is 8.47. The number of hydrogen-bond acceptors (Lipinski definition) is 12. The second-order valence-corrected chi connectivity index (χ2v) is 8.47. The maximum absolute atomic E-state index is 10.0. The van der Waals surface area contributed by atoms with Crippen molar-refractivity contribution in [2.24, 2.45) is 5.16 Å². The van der Waals surface area contributed by atoms with Gasteiger partial charge in [0.2, 0.25) is 0 Å². The quantitative estimate of drug-likeness (QED) is 0.125. The molecule has 12 heteroatoms. The number of aliphatic hydroxyl groups excluding tert-OH is 7. The lowest BCUT2D eigenvalue weighted by Gasteiger charge is -2.39. The van der Waals surface area contributed by atoms with Crippen LogP contribution in [0.15, 0.2) is 5.16 Å². The van der Waals surface area contributed by atoms with Crippen molar-refractivity contribution in [1.29, 1.82) is 0 Å². The molecule has 0 saturated carbocycles. The van der Waals surface area contributed by atoms with Gasteiger partial charge in [-0.2, -0.15) is 0 Å². The van der Waals surface area contributed by atoms with Crippen LogP contribution >= 0.6 is 0 Å².